The Hall–Kier alpha value is -4.35. The van der Waals surface area contributed by atoms with Crippen LogP contribution in [-0.4, -0.2) is 76.1 Å². The molecule has 1 saturated heterocycles. The predicted molar refractivity (Wildman–Crippen MR) is 144 cm³/mol. The summed E-state index contributed by atoms with van der Waals surface area (Å²) in [5, 5.41) is 6.74. The molecule has 0 amide bonds. The van der Waals surface area contributed by atoms with E-state index in [1.165, 1.54) is 6.21 Å². The second-order valence-electron chi connectivity index (χ2n) is 8.42. The van der Waals surface area contributed by atoms with Gasteiger partial charge in [0, 0.05) is 50.7 Å². The first kappa shape index (κ1) is 24.3. The third kappa shape index (κ3) is 6.46. The van der Waals surface area contributed by atoms with Crippen LogP contribution in [0.2, 0.25) is 0 Å². The molecule has 3 N–H and O–H groups in total. The van der Waals surface area contributed by atoms with Gasteiger partial charge in [-0.15, -0.1) is 0 Å². The maximum absolute atomic E-state index is 5.97. The molecule has 0 aliphatic carbocycles. The molecule has 0 radical (unpaired) electrons. The lowest BCUT2D eigenvalue weighted by Crippen LogP contribution is -2.38. The maximum Gasteiger partial charge on any atom is 0.140 e. The molecule has 190 valence electrons. The second kappa shape index (κ2) is 12.1. The van der Waals surface area contributed by atoms with E-state index in [4.69, 9.17) is 15.3 Å². The Balaban J connectivity index is 1.20. The van der Waals surface area contributed by atoms with E-state index in [-0.39, 0.29) is 0 Å². The van der Waals surface area contributed by atoms with E-state index >= 15 is 0 Å². The molecule has 3 aromatic heterocycles. The Labute approximate surface area is 214 Å². The number of aliphatic imine (C=N–C) groups is 1. The molecule has 11 nitrogen and oxygen atoms in total. The lowest BCUT2D eigenvalue weighted by molar-refractivity contribution is 0.0322. The first-order valence-electron chi connectivity index (χ1n) is 12.1. The molecule has 0 spiro atoms. The zero-order valence-electron chi connectivity index (χ0n) is 20.4. The number of hydrazone groups is 1. The van der Waals surface area contributed by atoms with Gasteiger partial charge in [-0.25, -0.2) is 15.0 Å². The van der Waals surface area contributed by atoms with E-state index in [1.54, 1.807) is 12.5 Å². The summed E-state index contributed by atoms with van der Waals surface area (Å²) in [5.41, 5.74) is 4.38. The van der Waals surface area contributed by atoms with Crippen LogP contribution in [0.1, 0.15) is 5.56 Å². The highest BCUT2D eigenvalue weighted by molar-refractivity contribution is 6.16. The van der Waals surface area contributed by atoms with Crippen molar-refractivity contribution >= 4 is 29.6 Å². The Kier molecular flexibility index (Phi) is 7.94. The number of nitrogens with two attached hydrogens (primary N) is 1. The van der Waals surface area contributed by atoms with E-state index in [9.17, 15) is 0 Å². The summed E-state index contributed by atoms with van der Waals surface area (Å²) < 4.78 is 13.4. The van der Waals surface area contributed by atoms with E-state index in [1.807, 2.05) is 59.3 Å². The molecule has 1 aliphatic rings. The molecule has 4 aromatic rings. The summed E-state index contributed by atoms with van der Waals surface area (Å²) in [6, 6.07) is 13.7. The van der Waals surface area contributed by atoms with Gasteiger partial charge in [-0.3, -0.25) is 14.3 Å². The van der Waals surface area contributed by atoms with Gasteiger partial charge in [0.2, 0.25) is 0 Å². The number of hydrogen-bond donors (Lipinski definition) is 2. The molecule has 0 atom stereocenters. The standard InChI is InChI=1S/C26H29N9O2/c27-33-7-6-28-21-3-1-20(2-4-21)17-29-25-16-23(31-19-32-25)24-18-30-26-15-22(5-8-35(24)26)37-14-11-34-9-12-36-13-10-34/h1-8,15-16,18-19H,9-14,17,27H2,(H,29,31,32). The van der Waals surface area contributed by atoms with Gasteiger partial charge in [0.15, 0.2) is 0 Å². The van der Waals surface area contributed by atoms with E-state index in [2.05, 4.69) is 35.3 Å². The zero-order valence-corrected chi connectivity index (χ0v) is 20.4. The normalized spacial score (nSPS) is 14.6. The number of fused-ring (bicyclic) bond motifs is 1. The molecule has 37 heavy (non-hydrogen) atoms. The van der Waals surface area contributed by atoms with Crippen LogP contribution in [0.5, 0.6) is 5.75 Å². The molecular weight excluding hydrogens is 470 g/mol. The summed E-state index contributed by atoms with van der Waals surface area (Å²) in [4.78, 5) is 20.0. The molecule has 0 saturated carbocycles. The van der Waals surface area contributed by atoms with Crippen molar-refractivity contribution in [3.05, 3.63) is 66.7 Å². The highest BCUT2D eigenvalue weighted by Crippen LogP contribution is 2.23. The molecular formula is C26H29N9O2. The Morgan fingerprint density at radius 3 is 2.76 bits per heavy atom. The number of pyridine rings is 1. The number of nitrogens with zero attached hydrogens (tertiary/aromatic N) is 7. The molecule has 4 heterocycles. The Morgan fingerprint density at radius 2 is 1.92 bits per heavy atom. The van der Waals surface area contributed by atoms with Crippen LogP contribution in [0.4, 0.5) is 11.5 Å². The first-order valence-corrected chi connectivity index (χ1v) is 12.1. The quantitative estimate of drug-likeness (QED) is 0.194. The lowest BCUT2D eigenvalue weighted by Gasteiger charge is -2.26. The summed E-state index contributed by atoms with van der Waals surface area (Å²) in [7, 11) is 0. The van der Waals surface area contributed by atoms with E-state index in [0.29, 0.717) is 13.2 Å². The van der Waals surface area contributed by atoms with Crippen LogP contribution in [0.25, 0.3) is 17.0 Å². The first-order chi connectivity index (χ1) is 18.3. The van der Waals surface area contributed by atoms with Gasteiger partial charge in [-0.05, 0) is 23.8 Å². The van der Waals surface area contributed by atoms with Crippen molar-refractivity contribution in [3.63, 3.8) is 0 Å². The lowest BCUT2D eigenvalue weighted by atomic mass is 10.2. The van der Waals surface area contributed by atoms with Crippen LogP contribution in [0.15, 0.2) is 71.3 Å². The van der Waals surface area contributed by atoms with Gasteiger partial charge < -0.3 is 20.6 Å². The smallest absolute Gasteiger partial charge is 0.140 e. The van der Waals surface area contributed by atoms with Crippen LogP contribution < -0.4 is 15.9 Å². The zero-order chi connectivity index (χ0) is 25.3. The molecule has 0 unspecified atom stereocenters. The van der Waals surface area contributed by atoms with E-state index < -0.39 is 0 Å². The average molecular weight is 500 g/mol. The summed E-state index contributed by atoms with van der Waals surface area (Å²) in [6.45, 7) is 5.61. The minimum Gasteiger partial charge on any atom is -0.492 e. The number of nitrogens with one attached hydrogen (secondary N) is 1. The largest absolute Gasteiger partial charge is 0.492 e. The number of anilines is 1. The Bertz CT molecular complexity index is 1360. The van der Waals surface area contributed by atoms with Crippen molar-refractivity contribution in [1.82, 2.24) is 24.3 Å². The fourth-order valence-corrected chi connectivity index (χ4v) is 4.00. The molecule has 5 rings (SSSR count). The SMILES string of the molecule is NN=CC=Nc1ccc(CNc2cc(-c3cnc4cc(OCCN5CCOCC5)ccn34)ncn2)cc1. The van der Waals surface area contributed by atoms with Crippen molar-refractivity contribution in [2.24, 2.45) is 15.9 Å². The summed E-state index contributed by atoms with van der Waals surface area (Å²) in [6.07, 6.45) is 8.31. The summed E-state index contributed by atoms with van der Waals surface area (Å²) in [5.74, 6) is 6.59. The van der Waals surface area contributed by atoms with Crippen LogP contribution >= 0.6 is 0 Å². The average Bonchev–Trinajstić information content (AvgIpc) is 3.37. The Morgan fingerprint density at radius 1 is 1.05 bits per heavy atom. The van der Waals surface area contributed by atoms with Gasteiger partial charge in [-0.2, -0.15) is 5.10 Å². The molecule has 1 fully saturated rings. The number of ether oxygens (including phenoxy) is 2. The molecule has 1 aliphatic heterocycles. The molecule has 0 bridgehead atoms. The van der Waals surface area contributed by atoms with E-state index in [0.717, 1.165) is 72.7 Å². The van der Waals surface area contributed by atoms with Gasteiger partial charge in [0.05, 0.1) is 42.7 Å². The van der Waals surface area contributed by atoms with Crippen LogP contribution in [0.3, 0.4) is 0 Å². The van der Waals surface area contributed by atoms with Gasteiger partial charge in [-0.1, -0.05) is 12.1 Å². The van der Waals surface area contributed by atoms with Crippen molar-refractivity contribution in [2.45, 2.75) is 6.54 Å². The maximum atomic E-state index is 5.97. The molecule has 11 heteroatoms. The van der Waals surface area contributed by atoms with Crippen molar-refractivity contribution < 1.29 is 9.47 Å². The number of imidazole rings is 1. The monoisotopic (exact) mass is 499 g/mol. The minimum absolute atomic E-state index is 0.614. The van der Waals surface area contributed by atoms with Crippen molar-refractivity contribution in [1.29, 1.82) is 0 Å². The van der Waals surface area contributed by atoms with Gasteiger partial charge >= 0.3 is 0 Å². The third-order valence-electron chi connectivity index (χ3n) is 5.98. The summed E-state index contributed by atoms with van der Waals surface area (Å²) >= 11 is 0. The van der Waals surface area contributed by atoms with Crippen molar-refractivity contribution in [2.75, 3.05) is 44.8 Å². The van der Waals surface area contributed by atoms with Gasteiger partial charge in [0.25, 0.3) is 0 Å². The topological polar surface area (TPSA) is 128 Å². The highest BCUT2D eigenvalue weighted by atomic mass is 16.5. The fourth-order valence-electron chi connectivity index (χ4n) is 4.00. The number of hydrogen-bond acceptors (Lipinski definition) is 10. The number of benzene rings is 1. The molecule has 1 aromatic carbocycles. The second-order valence-corrected chi connectivity index (χ2v) is 8.42. The number of morpholine rings is 1. The predicted octanol–water partition coefficient (Wildman–Crippen LogP) is 2.76. The van der Waals surface area contributed by atoms with Crippen molar-refractivity contribution in [3.8, 4) is 17.1 Å². The van der Waals surface area contributed by atoms with Crippen LogP contribution in [-0.2, 0) is 11.3 Å². The highest BCUT2D eigenvalue weighted by Gasteiger charge is 2.12. The number of aromatic nitrogens is 4. The van der Waals surface area contributed by atoms with Crippen LogP contribution in [0, 0.1) is 0 Å². The number of rotatable bonds is 10. The minimum atomic E-state index is 0.614. The third-order valence-corrected chi connectivity index (χ3v) is 5.98. The van der Waals surface area contributed by atoms with Gasteiger partial charge in [0.1, 0.15) is 30.1 Å². The fraction of sp³-hybridized carbons (Fsp3) is 0.269.